The normalized spacial score (nSPS) is 22.6. The van der Waals surface area contributed by atoms with E-state index in [2.05, 4.69) is 16.8 Å². The van der Waals surface area contributed by atoms with E-state index in [-0.39, 0.29) is 18.1 Å². The minimum atomic E-state index is -0.907. The predicted molar refractivity (Wildman–Crippen MR) is 82.1 cm³/mol. The molecule has 0 aromatic carbocycles. The number of aromatic nitrogens is 1. The van der Waals surface area contributed by atoms with Gasteiger partial charge in [-0.05, 0) is 31.4 Å². The van der Waals surface area contributed by atoms with Gasteiger partial charge in [0, 0.05) is 12.2 Å². The molecular weight excluding hydrogens is 268 g/mol. The Morgan fingerprint density at radius 3 is 2.81 bits per heavy atom. The van der Waals surface area contributed by atoms with E-state index in [9.17, 15) is 9.90 Å². The van der Waals surface area contributed by atoms with Crippen molar-refractivity contribution in [3.63, 3.8) is 0 Å². The van der Waals surface area contributed by atoms with Gasteiger partial charge in [-0.25, -0.2) is 9.78 Å². The number of rotatable bonds is 4. The number of pyridine rings is 1. The van der Waals surface area contributed by atoms with Gasteiger partial charge in [0.05, 0.1) is 24.3 Å². The Bertz CT molecular complexity index is 516. The fraction of sp³-hybridized carbons (Fsp3) is 0.625. The summed E-state index contributed by atoms with van der Waals surface area (Å²) in [5.74, 6) is 0.0390. The summed E-state index contributed by atoms with van der Waals surface area (Å²) in [4.78, 5) is 18.2. The van der Waals surface area contributed by atoms with E-state index in [1.165, 1.54) is 0 Å². The van der Waals surface area contributed by atoms with Gasteiger partial charge in [0.25, 0.3) is 0 Å². The molecule has 0 amide bonds. The van der Waals surface area contributed by atoms with Crippen LogP contribution in [0.5, 0.6) is 0 Å². The molecule has 0 aliphatic carbocycles. The lowest BCUT2D eigenvalue weighted by Gasteiger charge is -2.39. The van der Waals surface area contributed by atoms with Crippen molar-refractivity contribution in [2.45, 2.75) is 52.2 Å². The molecule has 21 heavy (non-hydrogen) atoms. The van der Waals surface area contributed by atoms with E-state index in [1.807, 2.05) is 20.8 Å². The number of carboxylic acid groups (broad SMARTS) is 1. The third-order valence-corrected chi connectivity index (χ3v) is 3.90. The van der Waals surface area contributed by atoms with Crippen LogP contribution in [-0.2, 0) is 4.74 Å². The van der Waals surface area contributed by atoms with E-state index >= 15 is 0 Å². The first-order chi connectivity index (χ1) is 9.92. The Balaban J connectivity index is 2.42. The molecule has 1 aliphatic rings. The van der Waals surface area contributed by atoms with E-state index in [0.717, 1.165) is 24.5 Å². The average molecular weight is 292 g/mol. The van der Waals surface area contributed by atoms with E-state index < -0.39 is 5.97 Å². The van der Waals surface area contributed by atoms with Crippen molar-refractivity contribution in [1.82, 2.24) is 4.98 Å². The van der Waals surface area contributed by atoms with Crippen LogP contribution in [0.3, 0.4) is 0 Å². The fourth-order valence-electron chi connectivity index (χ4n) is 2.57. The maximum Gasteiger partial charge on any atom is 0.335 e. The SMILES string of the molecule is CCC1COC(C)CN1c1cc(C(=O)O)cc(C(C)C)n1. The van der Waals surface area contributed by atoms with Crippen molar-refractivity contribution in [1.29, 1.82) is 0 Å². The van der Waals surface area contributed by atoms with Gasteiger partial charge in [0.15, 0.2) is 0 Å². The van der Waals surface area contributed by atoms with Crippen LogP contribution in [0.15, 0.2) is 12.1 Å². The lowest BCUT2D eigenvalue weighted by Crippen LogP contribution is -2.49. The zero-order chi connectivity index (χ0) is 15.6. The molecule has 0 bridgehead atoms. The van der Waals surface area contributed by atoms with Gasteiger partial charge in [-0.15, -0.1) is 0 Å². The van der Waals surface area contributed by atoms with Crippen LogP contribution in [-0.4, -0.2) is 41.4 Å². The molecule has 116 valence electrons. The Morgan fingerprint density at radius 1 is 1.52 bits per heavy atom. The van der Waals surface area contributed by atoms with Gasteiger partial charge >= 0.3 is 5.97 Å². The maximum atomic E-state index is 11.4. The molecular formula is C16H24N2O3. The fourth-order valence-corrected chi connectivity index (χ4v) is 2.57. The Kier molecular flexibility index (Phi) is 4.83. The number of ether oxygens (including phenoxy) is 1. The Morgan fingerprint density at radius 2 is 2.24 bits per heavy atom. The standard InChI is InChI=1S/C16H24N2O3/c1-5-13-9-21-11(4)8-18(13)15-7-12(16(19)20)6-14(17-15)10(2)3/h6-7,10-11,13H,5,8-9H2,1-4H3,(H,19,20). The van der Waals surface area contributed by atoms with Crippen molar-refractivity contribution < 1.29 is 14.6 Å². The molecule has 2 heterocycles. The van der Waals surface area contributed by atoms with Crippen LogP contribution in [0.4, 0.5) is 5.82 Å². The van der Waals surface area contributed by atoms with Crippen molar-refractivity contribution >= 4 is 11.8 Å². The van der Waals surface area contributed by atoms with Gasteiger partial charge in [0.1, 0.15) is 5.82 Å². The Labute approximate surface area is 125 Å². The highest BCUT2D eigenvalue weighted by Crippen LogP contribution is 2.25. The van der Waals surface area contributed by atoms with Crippen LogP contribution in [0.1, 0.15) is 56.1 Å². The second-order valence-corrected chi connectivity index (χ2v) is 5.96. The van der Waals surface area contributed by atoms with Crippen LogP contribution in [0.25, 0.3) is 0 Å². The quantitative estimate of drug-likeness (QED) is 0.924. The number of anilines is 1. The zero-order valence-corrected chi connectivity index (χ0v) is 13.2. The summed E-state index contributed by atoms with van der Waals surface area (Å²) in [6, 6.07) is 3.59. The average Bonchev–Trinajstić information content (AvgIpc) is 2.46. The molecule has 1 aliphatic heterocycles. The highest BCUT2D eigenvalue weighted by atomic mass is 16.5. The van der Waals surface area contributed by atoms with Crippen molar-refractivity contribution in [2.24, 2.45) is 0 Å². The van der Waals surface area contributed by atoms with E-state index in [1.54, 1.807) is 12.1 Å². The monoisotopic (exact) mass is 292 g/mol. The summed E-state index contributed by atoms with van der Waals surface area (Å²) in [7, 11) is 0. The van der Waals surface area contributed by atoms with Crippen LogP contribution in [0, 0.1) is 0 Å². The number of hydrogen-bond donors (Lipinski definition) is 1. The molecule has 1 aromatic rings. The summed E-state index contributed by atoms with van der Waals surface area (Å²) in [6.07, 6.45) is 1.08. The molecule has 5 nitrogen and oxygen atoms in total. The number of carboxylic acids is 1. The number of carbonyl (C=O) groups is 1. The second-order valence-electron chi connectivity index (χ2n) is 5.96. The molecule has 2 atom stereocenters. The third-order valence-electron chi connectivity index (χ3n) is 3.90. The van der Waals surface area contributed by atoms with E-state index in [4.69, 9.17) is 4.74 Å². The van der Waals surface area contributed by atoms with Gasteiger partial charge in [0.2, 0.25) is 0 Å². The van der Waals surface area contributed by atoms with Crippen LogP contribution < -0.4 is 4.90 Å². The van der Waals surface area contributed by atoms with Gasteiger partial charge in [-0.2, -0.15) is 0 Å². The topological polar surface area (TPSA) is 62.7 Å². The highest BCUT2D eigenvalue weighted by molar-refractivity contribution is 5.88. The predicted octanol–water partition coefficient (Wildman–Crippen LogP) is 2.91. The summed E-state index contributed by atoms with van der Waals surface area (Å²) in [5.41, 5.74) is 1.12. The van der Waals surface area contributed by atoms with Crippen molar-refractivity contribution in [3.05, 3.63) is 23.4 Å². The minimum absolute atomic E-state index is 0.130. The lowest BCUT2D eigenvalue weighted by atomic mass is 10.1. The smallest absolute Gasteiger partial charge is 0.335 e. The number of nitrogens with zero attached hydrogens (tertiary/aromatic N) is 2. The lowest BCUT2D eigenvalue weighted by molar-refractivity contribution is 0.0296. The van der Waals surface area contributed by atoms with Crippen molar-refractivity contribution in [3.8, 4) is 0 Å². The summed E-state index contributed by atoms with van der Waals surface area (Å²) in [6.45, 7) is 9.60. The second kappa shape index (κ2) is 6.43. The summed E-state index contributed by atoms with van der Waals surface area (Å²) in [5, 5.41) is 9.32. The molecule has 2 rings (SSSR count). The van der Waals surface area contributed by atoms with Gasteiger partial charge in [-0.3, -0.25) is 0 Å². The van der Waals surface area contributed by atoms with Gasteiger partial charge in [-0.1, -0.05) is 20.8 Å². The molecule has 0 saturated carbocycles. The molecule has 1 N–H and O–H groups in total. The van der Waals surface area contributed by atoms with Crippen LogP contribution in [0.2, 0.25) is 0 Å². The van der Waals surface area contributed by atoms with E-state index in [0.29, 0.717) is 12.2 Å². The molecule has 0 radical (unpaired) electrons. The number of aromatic carboxylic acids is 1. The molecule has 0 spiro atoms. The van der Waals surface area contributed by atoms with Gasteiger partial charge < -0.3 is 14.7 Å². The molecule has 5 heteroatoms. The Hall–Kier alpha value is -1.62. The highest BCUT2D eigenvalue weighted by Gasteiger charge is 2.27. The third kappa shape index (κ3) is 3.53. The molecule has 1 aromatic heterocycles. The minimum Gasteiger partial charge on any atom is -0.478 e. The first-order valence-corrected chi connectivity index (χ1v) is 7.55. The zero-order valence-electron chi connectivity index (χ0n) is 13.2. The van der Waals surface area contributed by atoms with Crippen molar-refractivity contribution in [2.75, 3.05) is 18.1 Å². The number of morpholine rings is 1. The number of hydrogen-bond acceptors (Lipinski definition) is 4. The van der Waals surface area contributed by atoms with Crippen LogP contribution >= 0.6 is 0 Å². The maximum absolute atomic E-state index is 11.4. The summed E-state index contributed by atoms with van der Waals surface area (Å²) < 4.78 is 5.70. The first kappa shape index (κ1) is 15.8. The molecule has 1 saturated heterocycles. The first-order valence-electron chi connectivity index (χ1n) is 7.55. The molecule has 1 fully saturated rings. The molecule has 2 unspecified atom stereocenters. The summed E-state index contributed by atoms with van der Waals surface area (Å²) >= 11 is 0. The largest absolute Gasteiger partial charge is 0.478 e.